The summed E-state index contributed by atoms with van der Waals surface area (Å²) in [7, 11) is -10.3. The molecule has 0 spiro atoms. The topological polar surface area (TPSA) is 173 Å². The van der Waals surface area contributed by atoms with Crippen molar-refractivity contribution >= 4 is 20.8 Å². The molecular formula is C30H52Na2O10S2. The molecule has 0 radical (unpaired) electrons. The van der Waals surface area contributed by atoms with Crippen molar-refractivity contribution in [2.24, 2.45) is 57.2 Å². The predicted molar refractivity (Wildman–Crippen MR) is 154 cm³/mol. The molecule has 0 saturated heterocycles. The van der Waals surface area contributed by atoms with Crippen molar-refractivity contribution in [2.45, 2.75) is 131 Å². The van der Waals surface area contributed by atoms with E-state index in [0.29, 0.717) is 11.8 Å². The Balaban J connectivity index is 0.00000337. The standard InChI is InChI=1S/C30H54O10S2.2Na/c1-17(25(31)26(32)18(2)27(3,4)5)20-11-12-21-22-10-9-19-15-23(39-41(33,34)35)24(40-42(36,37)38)16-30(19,8)29(22,7)14-13-28(20,21)6;;/h17-26,31-32H,9-16H2,1-8H3,(H,33,34,35)(H,36,37,38);;/q;2*+1/p-2/t17-,18?,19-,20?,21-,22-,23-,24+,25?,26?,28+,29-,30-;;/m0../s1. The molecule has 4 aliphatic rings. The molecule has 0 aliphatic heterocycles. The van der Waals surface area contributed by atoms with Gasteiger partial charge in [-0.25, -0.2) is 16.8 Å². The number of aliphatic hydroxyl groups is 2. The van der Waals surface area contributed by atoms with Crippen LogP contribution in [0.2, 0.25) is 0 Å². The van der Waals surface area contributed by atoms with Crippen molar-refractivity contribution in [3.63, 3.8) is 0 Å². The zero-order valence-corrected chi connectivity index (χ0v) is 34.0. The minimum atomic E-state index is -5.17. The van der Waals surface area contributed by atoms with Crippen LogP contribution in [0.1, 0.15) is 107 Å². The molecule has 246 valence electrons. The van der Waals surface area contributed by atoms with Crippen molar-refractivity contribution in [2.75, 3.05) is 0 Å². The molecule has 0 bridgehead atoms. The summed E-state index contributed by atoms with van der Waals surface area (Å²) in [4.78, 5) is 0. The molecule has 0 aromatic carbocycles. The number of fused-ring (bicyclic) bond motifs is 5. The van der Waals surface area contributed by atoms with Gasteiger partial charge in [0.2, 0.25) is 20.8 Å². The fraction of sp³-hybridized carbons (Fsp3) is 1.00. The van der Waals surface area contributed by atoms with Gasteiger partial charge in [0.05, 0.1) is 12.2 Å². The van der Waals surface area contributed by atoms with Crippen molar-refractivity contribution < 1.29 is 104 Å². The van der Waals surface area contributed by atoms with Crippen molar-refractivity contribution in [1.82, 2.24) is 0 Å². The van der Waals surface area contributed by atoms with E-state index in [1.165, 1.54) is 0 Å². The van der Waals surface area contributed by atoms with Crippen LogP contribution in [0.25, 0.3) is 0 Å². The Labute approximate surface area is 310 Å². The molecule has 2 N–H and O–H groups in total. The van der Waals surface area contributed by atoms with E-state index >= 15 is 0 Å². The number of aliphatic hydroxyl groups excluding tert-OH is 2. The van der Waals surface area contributed by atoms with E-state index < -0.39 is 50.6 Å². The van der Waals surface area contributed by atoms with Crippen molar-refractivity contribution in [1.29, 1.82) is 0 Å². The molecule has 0 amide bonds. The first-order valence-corrected chi connectivity index (χ1v) is 18.3. The second-order valence-electron chi connectivity index (χ2n) is 16.0. The third kappa shape index (κ3) is 7.84. The van der Waals surface area contributed by atoms with Gasteiger partial charge in [0.15, 0.2) is 0 Å². The minimum Gasteiger partial charge on any atom is -0.726 e. The van der Waals surface area contributed by atoms with E-state index in [1.807, 2.05) is 6.92 Å². The molecule has 13 atom stereocenters. The van der Waals surface area contributed by atoms with Crippen LogP contribution in [0.4, 0.5) is 0 Å². The van der Waals surface area contributed by atoms with Crippen LogP contribution in [0.3, 0.4) is 0 Å². The minimum absolute atomic E-state index is 0. The first kappa shape index (κ1) is 41.8. The Kier molecular flexibility index (Phi) is 13.4. The van der Waals surface area contributed by atoms with Crippen LogP contribution in [0.5, 0.6) is 0 Å². The predicted octanol–water partition coefficient (Wildman–Crippen LogP) is -1.62. The molecule has 14 heteroatoms. The van der Waals surface area contributed by atoms with Gasteiger partial charge in [-0.2, -0.15) is 0 Å². The maximum absolute atomic E-state index is 11.6. The van der Waals surface area contributed by atoms with E-state index in [9.17, 15) is 36.2 Å². The van der Waals surface area contributed by atoms with Gasteiger partial charge in [-0.3, -0.25) is 8.37 Å². The van der Waals surface area contributed by atoms with Crippen LogP contribution < -0.4 is 59.1 Å². The Morgan fingerprint density at radius 1 is 0.773 bits per heavy atom. The van der Waals surface area contributed by atoms with Gasteiger partial charge in [-0.15, -0.1) is 0 Å². The summed E-state index contributed by atoms with van der Waals surface area (Å²) in [6, 6.07) is 0. The maximum atomic E-state index is 11.6. The smallest absolute Gasteiger partial charge is 0.726 e. The number of rotatable bonds is 8. The van der Waals surface area contributed by atoms with Crippen LogP contribution >= 0.6 is 0 Å². The van der Waals surface area contributed by atoms with E-state index in [0.717, 1.165) is 38.5 Å². The summed E-state index contributed by atoms with van der Waals surface area (Å²) in [5.74, 6) is 0.713. The molecule has 0 aromatic heterocycles. The number of hydrogen-bond acceptors (Lipinski definition) is 10. The largest absolute Gasteiger partial charge is 1.00 e. The molecule has 4 saturated carbocycles. The van der Waals surface area contributed by atoms with E-state index in [1.54, 1.807) is 0 Å². The van der Waals surface area contributed by atoms with Crippen LogP contribution in [-0.2, 0) is 29.2 Å². The molecule has 4 fully saturated rings. The molecule has 10 nitrogen and oxygen atoms in total. The summed E-state index contributed by atoms with van der Waals surface area (Å²) in [5, 5.41) is 22.5. The van der Waals surface area contributed by atoms with E-state index in [4.69, 9.17) is 8.37 Å². The Bertz CT molecular complexity index is 1230. The molecule has 0 aromatic rings. The van der Waals surface area contributed by atoms with Gasteiger partial charge in [-0.05, 0) is 109 Å². The van der Waals surface area contributed by atoms with Gasteiger partial charge in [0.1, 0.15) is 12.2 Å². The molecule has 44 heavy (non-hydrogen) atoms. The summed E-state index contributed by atoms with van der Waals surface area (Å²) in [6.45, 7) is 17.0. The number of hydrogen-bond donors (Lipinski definition) is 2. The second kappa shape index (κ2) is 14.1. The maximum Gasteiger partial charge on any atom is 1.00 e. The first-order chi connectivity index (χ1) is 18.9. The summed E-state index contributed by atoms with van der Waals surface area (Å²) < 4.78 is 78.9. The van der Waals surface area contributed by atoms with Crippen LogP contribution in [-0.4, -0.2) is 60.6 Å². The normalized spacial score (nSPS) is 41.9. The first-order valence-electron chi connectivity index (χ1n) is 15.6. The molecular weight excluding hydrogens is 630 g/mol. The van der Waals surface area contributed by atoms with Crippen molar-refractivity contribution in [3.05, 3.63) is 0 Å². The molecule has 4 unspecified atom stereocenters. The Hall–Kier alpha value is 1.66. The fourth-order valence-electron chi connectivity index (χ4n) is 10.4. The molecule has 4 aliphatic carbocycles. The Morgan fingerprint density at radius 2 is 1.30 bits per heavy atom. The average Bonchev–Trinajstić information content (AvgIpc) is 3.18. The van der Waals surface area contributed by atoms with Gasteiger partial charge in [0, 0.05) is 0 Å². The summed E-state index contributed by atoms with van der Waals surface area (Å²) >= 11 is 0. The van der Waals surface area contributed by atoms with Gasteiger partial charge < -0.3 is 19.3 Å². The molecule has 0 heterocycles. The van der Waals surface area contributed by atoms with Crippen LogP contribution in [0, 0.1) is 57.2 Å². The SMILES string of the molecule is CC(C(O)C(O)[C@@H](C)C1CC[C@H]2[C@@H]3CC[C@H]4C[C@H](OS(=O)(=O)[O-])[C@H](OS(=O)(=O)[O-])C[C@]4(C)[C@@]3(C)CC[C@]12C)C(C)(C)C.[Na+].[Na+]. The zero-order chi connectivity index (χ0) is 31.8. The summed E-state index contributed by atoms with van der Waals surface area (Å²) in [6.07, 6.45) is 1.26. The quantitative estimate of drug-likeness (QED) is 0.172. The van der Waals surface area contributed by atoms with Gasteiger partial charge >= 0.3 is 59.1 Å². The van der Waals surface area contributed by atoms with Crippen molar-refractivity contribution in [3.8, 4) is 0 Å². The monoisotopic (exact) mass is 682 g/mol. The van der Waals surface area contributed by atoms with Gasteiger partial charge in [-0.1, -0.05) is 55.4 Å². The average molecular weight is 683 g/mol. The van der Waals surface area contributed by atoms with E-state index in [-0.39, 0.29) is 112 Å². The van der Waals surface area contributed by atoms with E-state index in [2.05, 4.69) is 48.5 Å². The third-order valence-electron chi connectivity index (χ3n) is 13.4. The summed E-state index contributed by atoms with van der Waals surface area (Å²) in [5.41, 5.74) is -0.894. The van der Waals surface area contributed by atoms with Gasteiger partial charge in [0.25, 0.3) is 0 Å². The zero-order valence-electron chi connectivity index (χ0n) is 28.4. The second-order valence-corrected chi connectivity index (χ2v) is 18.1. The molecule has 4 rings (SSSR count). The third-order valence-corrected chi connectivity index (χ3v) is 14.4. The fourth-order valence-corrected chi connectivity index (χ4v) is 11.4. The Morgan fingerprint density at radius 3 is 1.82 bits per heavy atom. The van der Waals surface area contributed by atoms with Crippen LogP contribution in [0.15, 0.2) is 0 Å².